The summed E-state index contributed by atoms with van der Waals surface area (Å²) in [6.07, 6.45) is 0.253. The van der Waals surface area contributed by atoms with Crippen LogP contribution in [0.1, 0.15) is 65.7 Å². The van der Waals surface area contributed by atoms with Gasteiger partial charge < -0.3 is 54.2 Å². The number of amides is 7. The van der Waals surface area contributed by atoms with Gasteiger partial charge in [-0.1, -0.05) is 13.8 Å². The highest BCUT2D eigenvalue weighted by Gasteiger charge is 2.40. The van der Waals surface area contributed by atoms with Gasteiger partial charge in [-0.2, -0.15) is 0 Å². The second kappa shape index (κ2) is 18.7. The van der Waals surface area contributed by atoms with Gasteiger partial charge in [0.15, 0.2) is 0 Å². The van der Waals surface area contributed by atoms with Crippen LogP contribution in [0.4, 0.5) is 0 Å². The average molecular weight is 628 g/mol. The van der Waals surface area contributed by atoms with Crippen LogP contribution < -0.4 is 44.2 Å². The normalized spacial score (nSPS) is 18.0. The summed E-state index contributed by atoms with van der Waals surface area (Å²) >= 11 is 0. The van der Waals surface area contributed by atoms with Gasteiger partial charge in [0, 0.05) is 6.54 Å². The largest absolute Gasteiger partial charge is 0.391 e. The fourth-order valence-electron chi connectivity index (χ4n) is 4.84. The SMILES string of the molecule is CC(C)C[C@H](NC(=O)CN)C(=O)N[C@@H](CCCCN)C(=O)N1CCC[C@H]1C(=O)N[C@@H](CC(N)=O)C(=O)N[C@H](C(N)=O)[C@@H](C)O. The molecule has 6 atom stereocenters. The van der Waals surface area contributed by atoms with Crippen molar-refractivity contribution in [3.05, 3.63) is 0 Å². The molecule has 1 saturated heterocycles. The van der Waals surface area contributed by atoms with E-state index < -0.39 is 84.1 Å². The van der Waals surface area contributed by atoms with E-state index in [1.807, 2.05) is 13.8 Å². The molecule has 1 fully saturated rings. The Bertz CT molecular complexity index is 1040. The molecule has 44 heavy (non-hydrogen) atoms. The lowest BCUT2D eigenvalue weighted by atomic mass is 10.0. The number of hydrogen-bond acceptors (Lipinski definition) is 10. The first-order chi connectivity index (χ1) is 20.6. The van der Waals surface area contributed by atoms with Gasteiger partial charge in [0.25, 0.3) is 0 Å². The third-order valence-electron chi connectivity index (χ3n) is 7.07. The van der Waals surface area contributed by atoms with Crippen LogP contribution in [0, 0.1) is 5.92 Å². The summed E-state index contributed by atoms with van der Waals surface area (Å²) in [6, 6.07) is -6.05. The molecule has 0 spiro atoms. The van der Waals surface area contributed by atoms with E-state index in [1.54, 1.807) is 0 Å². The highest BCUT2D eigenvalue weighted by molar-refractivity contribution is 5.98. The number of likely N-dealkylation sites (tertiary alicyclic amines) is 1. The molecule has 0 radical (unpaired) electrons. The van der Waals surface area contributed by atoms with Crippen LogP contribution >= 0.6 is 0 Å². The van der Waals surface area contributed by atoms with E-state index in [9.17, 15) is 38.7 Å². The minimum atomic E-state index is -1.53. The molecule has 0 unspecified atom stereocenters. The van der Waals surface area contributed by atoms with Crippen molar-refractivity contribution in [2.45, 2.75) is 102 Å². The van der Waals surface area contributed by atoms with Gasteiger partial charge in [-0.3, -0.25) is 33.6 Å². The lowest BCUT2D eigenvalue weighted by Gasteiger charge is -2.31. The summed E-state index contributed by atoms with van der Waals surface area (Å²) in [4.78, 5) is 89.8. The lowest BCUT2D eigenvalue weighted by Crippen LogP contribution is -2.60. The van der Waals surface area contributed by atoms with E-state index in [1.165, 1.54) is 11.8 Å². The van der Waals surface area contributed by atoms with E-state index in [4.69, 9.17) is 22.9 Å². The summed E-state index contributed by atoms with van der Waals surface area (Å²) in [5, 5.41) is 19.7. The zero-order chi connectivity index (χ0) is 33.6. The molecular formula is C27H49N9O8. The van der Waals surface area contributed by atoms with Crippen LogP contribution in [0.3, 0.4) is 0 Å². The third kappa shape index (κ3) is 12.4. The van der Waals surface area contributed by atoms with Gasteiger partial charge in [-0.25, -0.2) is 0 Å². The molecule has 0 aromatic rings. The summed E-state index contributed by atoms with van der Waals surface area (Å²) in [6.45, 7) is 5.19. The summed E-state index contributed by atoms with van der Waals surface area (Å²) in [7, 11) is 0. The second-order valence-corrected chi connectivity index (χ2v) is 11.3. The zero-order valence-electron chi connectivity index (χ0n) is 25.7. The molecule has 1 aliphatic heterocycles. The Kier molecular flexibility index (Phi) is 16.3. The molecule has 1 aliphatic rings. The number of unbranched alkanes of at least 4 members (excludes halogenated alkanes) is 1. The molecule has 1 heterocycles. The van der Waals surface area contributed by atoms with E-state index in [2.05, 4.69) is 21.3 Å². The summed E-state index contributed by atoms with van der Waals surface area (Å²) in [5.41, 5.74) is 21.5. The van der Waals surface area contributed by atoms with Crippen molar-refractivity contribution in [1.29, 1.82) is 0 Å². The van der Waals surface area contributed by atoms with Crippen molar-refractivity contribution in [2.75, 3.05) is 19.6 Å². The number of nitrogens with zero attached hydrogens (tertiary/aromatic N) is 1. The Morgan fingerprint density at radius 3 is 2.02 bits per heavy atom. The van der Waals surface area contributed by atoms with Gasteiger partial charge in [0.05, 0.1) is 19.1 Å². The van der Waals surface area contributed by atoms with Gasteiger partial charge in [0.1, 0.15) is 30.2 Å². The fourth-order valence-corrected chi connectivity index (χ4v) is 4.84. The molecule has 0 aromatic heterocycles. The maximum atomic E-state index is 13.8. The molecule has 0 aliphatic carbocycles. The minimum absolute atomic E-state index is 0.0336. The van der Waals surface area contributed by atoms with Crippen molar-refractivity contribution < 1.29 is 38.7 Å². The van der Waals surface area contributed by atoms with E-state index in [0.29, 0.717) is 32.2 Å². The molecular weight excluding hydrogens is 578 g/mol. The monoisotopic (exact) mass is 627 g/mol. The molecule has 250 valence electrons. The van der Waals surface area contributed by atoms with Crippen molar-refractivity contribution in [1.82, 2.24) is 26.2 Å². The van der Waals surface area contributed by atoms with Crippen molar-refractivity contribution >= 4 is 41.4 Å². The molecule has 0 bridgehead atoms. The number of aliphatic hydroxyl groups excluding tert-OH is 1. The quantitative estimate of drug-likeness (QED) is 0.0622. The number of primary amides is 2. The van der Waals surface area contributed by atoms with Crippen LogP contribution in [0.15, 0.2) is 0 Å². The smallest absolute Gasteiger partial charge is 0.245 e. The maximum absolute atomic E-state index is 13.8. The van der Waals surface area contributed by atoms with Crippen LogP contribution in [-0.2, 0) is 33.6 Å². The van der Waals surface area contributed by atoms with Crippen molar-refractivity contribution in [3.63, 3.8) is 0 Å². The van der Waals surface area contributed by atoms with E-state index in [0.717, 1.165) is 0 Å². The minimum Gasteiger partial charge on any atom is -0.391 e. The lowest BCUT2D eigenvalue weighted by molar-refractivity contribution is -0.143. The highest BCUT2D eigenvalue weighted by Crippen LogP contribution is 2.21. The Morgan fingerprint density at radius 2 is 1.50 bits per heavy atom. The van der Waals surface area contributed by atoms with Gasteiger partial charge in [-0.05, 0) is 57.9 Å². The Labute approximate surface area is 256 Å². The van der Waals surface area contributed by atoms with Gasteiger partial charge in [-0.15, -0.1) is 0 Å². The van der Waals surface area contributed by atoms with Crippen LogP contribution in [0.5, 0.6) is 0 Å². The topological polar surface area (TPSA) is 295 Å². The predicted octanol–water partition coefficient (Wildman–Crippen LogP) is -4.21. The highest BCUT2D eigenvalue weighted by atomic mass is 16.3. The first-order valence-corrected chi connectivity index (χ1v) is 14.8. The maximum Gasteiger partial charge on any atom is 0.245 e. The van der Waals surface area contributed by atoms with Gasteiger partial charge in [0.2, 0.25) is 41.4 Å². The zero-order valence-corrected chi connectivity index (χ0v) is 25.7. The Hall–Kier alpha value is -3.83. The number of rotatable bonds is 19. The van der Waals surface area contributed by atoms with E-state index >= 15 is 0 Å². The number of aliphatic hydroxyl groups is 1. The van der Waals surface area contributed by atoms with E-state index in [-0.39, 0.29) is 31.8 Å². The fraction of sp³-hybridized carbons (Fsp3) is 0.741. The third-order valence-corrected chi connectivity index (χ3v) is 7.07. The van der Waals surface area contributed by atoms with Crippen LogP contribution in [-0.4, -0.2) is 107 Å². The second-order valence-electron chi connectivity index (χ2n) is 11.3. The van der Waals surface area contributed by atoms with Crippen LogP contribution in [0.25, 0.3) is 0 Å². The van der Waals surface area contributed by atoms with Crippen molar-refractivity contribution in [2.24, 2.45) is 28.9 Å². The molecule has 1 rings (SSSR count). The number of carbonyl (C=O) groups excluding carboxylic acids is 7. The molecule has 0 saturated carbocycles. The summed E-state index contributed by atoms with van der Waals surface area (Å²) in [5.74, 6) is -5.33. The van der Waals surface area contributed by atoms with Crippen molar-refractivity contribution in [3.8, 4) is 0 Å². The molecule has 0 aromatic carbocycles. The molecule has 17 heteroatoms. The summed E-state index contributed by atoms with van der Waals surface area (Å²) < 4.78 is 0. The molecule has 17 nitrogen and oxygen atoms in total. The first-order valence-electron chi connectivity index (χ1n) is 14.8. The number of nitrogens with two attached hydrogens (primary N) is 4. The Morgan fingerprint density at radius 1 is 0.864 bits per heavy atom. The molecule has 7 amide bonds. The number of carbonyl (C=O) groups is 7. The molecule has 13 N–H and O–H groups in total. The Balaban J connectivity index is 3.17. The van der Waals surface area contributed by atoms with Crippen LogP contribution in [0.2, 0.25) is 0 Å². The number of nitrogens with one attached hydrogen (secondary N) is 4. The number of hydrogen-bond donors (Lipinski definition) is 9. The standard InChI is InChI=1S/C27H49N9O8/c1-14(2)11-17(32-21(39)13-29)24(41)33-16(7-4-5-9-28)27(44)36-10-6-8-19(36)26(43)34-18(12-20(30)38)25(42)35-22(15(3)37)23(31)40/h14-19,22,37H,4-13,28-29H2,1-3H3,(H2,30,38)(H2,31,40)(H,32,39)(H,33,41)(H,34,43)(H,35,42)/t15-,16+,17+,18+,19+,22+/m1/s1. The predicted molar refractivity (Wildman–Crippen MR) is 159 cm³/mol. The van der Waals surface area contributed by atoms with Gasteiger partial charge >= 0.3 is 0 Å². The first kappa shape index (κ1) is 38.2. The average Bonchev–Trinajstić information content (AvgIpc) is 3.43.